The Hall–Kier alpha value is -2.11. The van der Waals surface area contributed by atoms with Crippen LogP contribution in [0.3, 0.4) is 0 Å². The van der Waals surface area contributed by atoms with Crippen LogP contribution in [0.5, 0.6) is 0 Å². The smallest absolute Gasteiger partial charge is 0.307 e. The molecule has 0 aromatic carbocycles. The van der Waals surface area contributed by atoms with Gasteiger partial charge < -0.3 is 14.6 Å². The summed E-state index contributed by atoms with van der Waals surface area (Å²) in [6.45, 7) is 1.81. The SMILES string of the molecule is O=C(O)[C@H]1CC=CC[C@H]1C(=O)N1CCn2ccnc2C1. The first kappa shape index (κ1) is 12.9. The Morgan fingerprint density at radius 2 is 1.95 bits per heavy atom. The Bertz CT molecular complexity index is 564. The molecule has 0 spiro atoms. The lowest BCUT2D eigenvalue weighted by Gasteiger charge is -2.33. The number of carbonyl (C=O) groups is 2. The molecule has 0 fully saturated rings. The number of nitrogens with zero attached hydrogens (tertiary/aromatic N) is 3. The van der Waals surface area contributed by atoms with Crippen molar-refractivity contribution in [3.8, 4) is 0 Å². The second kappa shape index (κ2) is 5.11. The summed E-state index contributed by atoms with van der Waals surface area (Å²) in [4.78, 5) is 29.8. The molecule has 2 aliphatic rings. The number of rotatable bonds is 2. The molecule has 1 aliphatic heterocycles. The third-order valence-corrected chi connectivity index (χ3v) is 4.12. The Morgan fingerprint density at radius 1 is 1.20 bits per heavy atom. The van der Waals surface area contributed by atoms with E-state index in [4.69, 9.17) is 0 Å². The molecule has 106 valence electrons. The number of hydrogen-bond acceptors (Lipinski definition) is 3. The number of carboxylic acids is 1. The maximum Gasteiger partial charge on any atom is 0.307 e. The highest BCUT2D eigenvalue weighted by molar-refractivity contribution is 5.85. The highest BCUT2D eigenvalue weighted by atomic mass is 16.4. The minimum atomic E-state index is -0.883. The van der Waals surface area contributed by atoms with Crippen molar-refractivity contribution in [2.45, 2.75) is 25.9 Å². The van der Waals surface area contributed by atoms with Gasteiger partial charge in [0, 0.05) is 25.5 Å². The average molecular weight is 275 g/mol. The molecule has 6 heteroatoms. The molecule has 6 nitrogen and oxygen atoms in total. The lowest BCUT2D eigenvalue weighted by atomic mass is 9.82. The summed E-state index contributed by atoms with van der Waals surface area (Å²) in [5, 5.41) is 9.26. The monoisotopic (exact) mass is 275 g/mol. The standard InChI is InChI=1S/C14H17N3O3/c18-13(10-3-1-2-4-11(10)14(19)20)17-8-7-16-6-5-15-12(16)9-17/h1-2,5-6,10-11H,3-4,7-9H2,(H,19,20)/t10-,11+/m1/s1. The minimum Gasteiger partial charge on any atom is -0.481 e. The molecular formula is C14H17N3O3. The molecular weight excluding hydrogens is 258 g/mol. The summed E-state index contributed by atoms with van der Waals surface area (Å²) in [5.74, 6) is -1.13. The fraction of sp³-hybridized carbons (Fsp3) is 0.500. The fourth-order valence-corrected chi connectivity index (χ4v) is 2.96. The topological polar surface area (TPSA) is 75.4 Å². The molecule has 3 rings (SSSR count). The lowest BCUT2D eigenvalue weighted by Crippen LogP contribution is -2.45. The van der Waals surface area contributed by atoms with Gasteiger partial charge in [-0.2, -0.15) is 0 Å². The number of carboxylic acid groups (broad SMARTS) is 1. The molecule has 20 heavy (non-hydrogen) atoms. The lowest BCUT2D eigenvalue weighted by molar-refractivity contribution is -0.151. The largest absolute Gasteiger partial charge is 0.481 e. The second-order valence-electron chi connectivity index (χ2n) is 5.29. The van der Waals surface area contributed by atoms with Crippen LogP contribution in [0, 0.1) is 11.8 Å². The van der Waals surface area contributed by atoms with Crippen LogP contribution >= 0.6 is 0 Å². The Balaban J connectivity index is 1.76. The molecule has 2 atom stereocenters. The molecule has 0 bridgehead atoms. The van der Waals surface area contributed by atoms with Crippen molar-refractivity contribution in [2.75, 3.05) is 6.54 Å². The first-order valence-corrected chi connectivity index (χ1v) is 6.83. The van der Waals surface area contributed by atoms with E-state index < -0.39 is 17.8 Å². The third-order valence-electron chi connectivity index (χ3n) is 4.12. The zero-order valence-electron chi connectivity index (χ0n) is 11.1. The molecule has 0 saturated heterocycles. The number of hydrogen-bond donors (Lipinski definition) is 1. The van der Waals surface area contributed by atoms with Crippen LogP contribution in [-0.2, 0) is 22.7 Å². The first-order chi connectivity index (χ1) is 9.66. The van der Waals surface area contributed by atoms with Crippen LogP contribution in [-0.4, -0.2) is 38.0 Å². The van der Waals surface area contributed by atoms with Gasteiger partial charge in [0.15, 0.2) is 0 Å². The number of allylic oxidation sites excluding steroid dienone is 2. The summed E-state index contributed by atoms with van der Waals surface area (Å²) in [7, 11) is 0. The number of imidazole rings is 1. The number of fused-ring (bicyclic) bond motifs is 1. The van der Waals surface area contributed by atoms with Gasteiger partial charge in [-0.1, -0.05) is 12.2 Å². The van der Waals surface area contributed by atoms with Gasteiger partial charge in [0.1, 0.15) is 5.82 Å². The first-order valence-electron chi connectivity index (χ1n) is 6.83. The van der Waals surface area contributed by atoms with Crippen molar-refractivity contribution in [1.82, 2.24) is 14.5 Å². The van der Waals surface area contributed by atoms with Crippen LogP contribution < -0.4 is 0 Å². The van der Waals surface area contributed by atoms with Gasteiger partial charge in [-0.3, -0.25) is 9.59 Å². The number of carbonyl (C=O) groups excluding carboxylic acids is 1. The van der Waals surface area contributed by atoms with Gasteiger partial charge in [-0.25, -0.2) is 4.98 Å². The molecule has 1 amide bonds. The minimum absolute atomic E-state index is 0.0593. The van der Waals surface area contributed by atoms with Crippen molar-refractivity contribution in [3.05, 3.63) is 30.4 Å². The predicted molar refractivity (Wildman–Crippen MR) is 70.6 cm³/mol. The highest BCUT2D eigenvalue weighted by Crippen LogP contribution is 2.28. The van der Waals surface area contributed by atoms with E-state index in [2.05, 4.69) is 4.98 Å². The van der Waals surface area contributed by atoms with Crippen molar-refractivity contribution < 1.29 is 14.7 Å². The Morgan fingerprint density at radius 3 is 2.70 bits per heavy atom. The summed E-state index contributed by atoms with van der Waals surface area (Å²) in [6.07, 6.45) is 8.35. The van der Waals surface area contributed by atoms with Crippen LogP contribution in [0.4, 0.5) is 0 Å². The van der Waals surface area contributed by atoms with Gasteiger partial charge in [0.2, 0.25) is 5.91 Å². The maximum absolute atomic E-state index is 12.6. The van der Waals surface area contributed by atoms with Crippen LogP contribution in [0.15, 0.2) is 24.5 Å². The van der Waals surface area contributed by atoms with E-state index in [0.717, 1.165) is 12.4 Å². The highest BCUT2D eigenvalue weighted by Gasteiger charge is 2.37. The van der Waals surface area contributed by atoms with E-state index in [-0.39, 0.29) is 5.91 Å². The van der Waals surface area contributed by atoms with Gasteiger partial charge in [-0.15, -0.1) is 0 Å². The fourth-order valence-electron chi connectivity index (χ4n) is 2.96. The Labute approximate surface area is 116 Å². The van der Waals surface area contributed by atoms with Crippen LogP contribution in [0.25, 0.3) is 0 Å². The number of aromatic nitrogens is 2. The van der Waals surface area contributed by atoms with Crippen molar-refractivity contribution in [1.29, 1.82) is 0 Å². The summed E-state index contributed by atoms with van der Waals surface area (Å²) in [6, 6.07) is 0. The molecule has 1 aliphatic carbocycles. The van der Waals surface area contributed by atoms with Crippen molar-refractivity contribution in [2.24, 2.45) is 11.8 Å². The molecule has 0 saturated carbocycles. The van der Waals surface area contributed by atoms with Gasteiger partial charge in [0.25, 0.3) is 0 Å². The zero-order valence-corrected chi connectivity index (χ0v) is 11.1. The van der Waals surface area contributed by atoms with E-state index in [9.17, 15) is 14.7 Å². The van der Waals surface area contributed by atoms with E-state index in [0.29, 0.717) is 25.9 Å². The molecule has 2 heterocycles. The predicted octanol–water partition coefficient (Wildman–Crippen LogP) is 0.892. The maximum atomic E-state index is 12.6. The quantitative estimate of drug-likeness (QED) is 0.813. The molecule has 1 N–H and O–H groups in total. The Kier molecular flexibility index (Phi) is 3.30. The van der Waals surface area contributed by atoms with Crippen LogP contribution in [0.1, 0.15) is 18.7 Å². The molecule has 1 aromatic heterocycles. The average Bonchev–Trinajstić information content (AvgIpc) is 2.93. The number of aliphatic carboxylic acids is 1. The van der Waals surface area contributed by atoms with Gasteiger partial charge >= 0.3 is 5.97 Å². The molecule has 1 aromatic rings. The van der Waals surface area contributed by atoms with Crippen LogP contribution in [0.2, 0.25) is 0 Å². The van der Waals surface area contributed by atoms with Crippen molar-refractivity contribution >= 4 is 11.9 Å². The van der Waals surface area contributed by atoms with Gasteiger partial charge in [-0.05, 0) is 12.8 Å². The third kappa shape index (κ3) is 2.21. The molecule has 0 radical (unpaired) electrons. The van der Waals surface area contributed by atoms with E-state index in [1.165, 1.54) is 0 Å². The van der Waals surface area contributed by atoms with E-state index in [1.807, 2.05) is 22.9 Å². The molecule has 0 unspecified atom stereocenters. The van der Waals surface area contributed by atoms with Gasteiger partial charge in [0.05, 0.1) is 18.4 Å². The van der Waals surface area contributed by atoms with E-state index in [1.54, 1.807) is 11.1 Å². The van der Waals surface area contributed by atoms with E-state index >= 15 is 0 Å². The van der Waals surface area contributed by atoms with Crippen molar-refractivity contribution in [3.63, 3.8) is 0 Å². The summed E-state index contributed by atoms with van der Waals surface area (Å²) >= 11 is 0. The zero-order chi connectivity index (χ0) is 14.1. The normalized spacial score (nSPS) is 25.3. The summed E-state index contributed by atoms with van der Waals surface area (Å²) in [5.41, 5.74) is 0. The summed E-state index contributed by atoms with van der Waals surface area (Å²) < 4.78 is 2.03. The second-order valence-corrected chi connectivity index (χ2v) is 5.29. The number of amides is 1.